The van der Waals surface area contributed by atoms with Crippen LogP contribution in [0.2, 0.25) is 0 Å². The molecular weight excluding hydrogens is 176 g/mol. The van der Waals surface area contributed by atoms with Gasteiger partial charge in [-0.2, -0.15) is 0 Å². The van der Waals surface area contributed by atoms with Crippen LogP contribution in [0.4, 0.5) is 0 Å². The van der Waals surface area contributed by atoms with E-state index >= 15 is 0 Å². The molecule has 0 spiro atoms. The van der Waals surface area contributed by atoms with Crippen LogP contribution in [-0.4, -0.2) is 124 Å². The van der Waals surface area contributed by atoms with Crippen LogP contribution in [0.3, 0.4) is 0 Å². The van der Waals surface area contributed by atoms with Crippen molar-refractivity contribution in [3.63, 3.8) is 0 Å². The zero-order valence-electron chi connectivity index (χ0n) is 10.5. The third-order valence-corrected chi connectivity index (χ3v) is 0. The molecule has 0 aromatic rings. The Morgan fingerprint density at radius 3 is 1.43 bits per heavy atom. The van der Waals surface area contributed by atoms with Crippen molar-refractivity contribution < 1.29 is 18.5 Å². The number of carboxylic acids is 1. The molecule has 0 aliphatic carbocycles. The summed E-state index contributed by atoms with van der Waals surface area (Å²) in [6.07, 6.45) is 0. The van der Waals surface area contributed by atoms with Crippen molar-refractivity contribution in [1.29, 1.82) is 0 Å². The molecule has 0 radical (unpaired) electrons. The van der Waals surface area contributed by atoms with E-state index in [9.17, 15) is 0 Å². The quantitative estimate of drug-likeness (QED) is 0.524. The Morgan fingerprint density at radius 2 is 1.43 bits per heavy atom. The van der Waals surface area contributed by atoms with Crippen LogP contribution in [0.15, 0.2) is 0 Å². The van der Waals surface area contributed by atoms with Crippen LogP contribution < -0.4 is 0 Å². The van der Waals surface area contributed by atoms with Gasteiger partial charge in [0.15, 0.2) is 0 Å². The molecule has 0 unspecified atom stereocenters. The second-order valence-electron chi connectivity index (χ2n) is 0.519. The van der Waals surface area contributed by atoms with E-state index in [1.165, 1.54) is 0 Å². The van der Waals surface area contributed by atoms with Gasteiger partial charge in [0.1, 0.15) is 0 Å². The number of hydrogen-bond acceptors (Lipinski definition) is 1. The number of carbonyl (C=O) groups is 1. The fourth-order valence-electron chi connectivity index (χ4n) is 0. The second-order valence-corrected chi connectivity index (χ2v) is 0.519. The maximum absolute atomic E-state index is 9.00. The van der Waals surface area contributed by atoms with E-state index in [1.54, 1.807) is 0 Å². The van der Waals surface area contributed by atoms with Gasteiger partial charge in [-0.3, -0.25) is 4.79 Å². The van der Waals surface area contributed by atoms with Gasteiger partial charge in [-0.1, -0.05) is 0 Å². The van der Waals surface area contributed by atoms with Crippen LogP contribution in [0.5, 0.6) is 0 Å². The first kappa shape index (κ1) is 22.5. The molecule has 0 fully saturated rings. The van der Waals surface area contributed by atoms with Gasteiger partial charge in [0, 0.05) is 6.92 Å². The van der Waals surface area contributed by atoms with Gasteiger partial charge in [-0.05, 0) is 0 Å². The first-order valence-electron chi connectivity index (χ1n) is 0.928. The van der Waals surface area contributed by atoms with Gasteiger partial charge in [0.05, 0.1) is 0 Å². The molecule has 0 rings (SSSR count). The van der Waals surface area contributed by atoms with Crippen LogP contribution in [0.25, 0.3) is 0 Å². The van der Waals surface area contributed by atoms with Crippen molar-refractivity contribution >= 4 is 119 Å². The van der Waals surface area contributed by atoms with Crippen LogP contribution in [0, 0.1) is 0 Å². The fraction of sp³-hybridized carbons (Fsp3) is 0.500. The Balaban J connectivity index is -0.00000000125. The van der Waals surface area contributed by atoms with Crippen molar-refractivity contribution in [3.8, 4) is 0 Å². The Morgan fingerprint density at radius 1 is 1.43 bits per heavy atom. The Bertz CT molecular complexity index is 46.9. The smallest absolute Gasteiger partial charge is 1.00 e. The van der Waals surface area contributed by atoms with E-state index in [1.807, 2.05) is 0 Å². The Labute approximate surface area is 141 Å². The molecule has 36 valence electrons. The minimum Gasteiger partial charge on any atom is -1.00 e. The van der Waals surface area contributed by atoms with Gasteiger partial charge in [0.25, 0.3) is 5.97 Å². The molecule has 0 aliphatic heterocycles. The largest absolute Gasteiger partial charge is 2.00 e. The normalized spacial score (nSPS) is 3.57. The monoisotopic (exact) mass is 186 g/mol. The molecule has 0 atom stereocenters. The second kappa shape index (κ2) is 16.1. The number of carboxylic acid groups (broad SMARTS) is 1. The number of aliphatic carboxylic acids is 1. The Kier molecular flexibility index (Phi) is 51.7. The molecule has 0 aliphatic rings. The number of rotatable bonds is 0. The zero-order valence-corrected chi connectivity index (χ0v) is 11.1. The maximum atomic E-state index is 9.00. The third-order valence-electron chi connectivity index (χ3n) is 0. The van der Waals surface area contributed by atoms with E-state index in [2.05, 4.69) is 0 Å². The molecule has 0 saturated carbocycles. The van der Waals surface area contributed by atoms with Crippen molar-refractivity contribution in [1.82, 2.24) is 0 Å². The van der Waals surface area contributed by atoms with Crippen LogP contribution in [-0.2, 0) is 4.79 Å². The summed E-state index contributed by atoms with van der Waals surface area (Å²) in [5.74, 6) is -0.833. The SMILES string of the molecule is CC(=O)O.[Ca+2].[Ca+2].[Ca+2].[H-].[H-].[H-].[H-].[H-].[H-]. The van der Waals surface area contributed by atoms with E-state index in [0.29, 0.717) is 0 Å². The number of hydrogen-bond donors (Lipinski definition) is 1. The molecule has 0 amide bonds. The van der Waals surface area contributed by atoms with Gasteiger partial charge in [-0.25, -0.2) is 0 Å². The average molecular weight is 186 g/mol. The summed E-state index contributed by atoms with van der Waals surface area (Å²) < 4.78 is 0. The molecule has 0 heterocycles. The molecule has 1 N–H and O–H groups in total. The van der Waals surface area contributed by atoms with Crippen LogP contribution >= 0.6 is 0 Å². The summed E-state index contributed by atoms with van der Waals surface area (Å²) in [5.41, 5.74) is 0. The summed E-state index contributed by atoms with van der Waals surface area (Å²) in [5, 5.41) is 7.42. The molecule has 0 saturated heterocycles. The Hall–Kier alpha value is 3.25. The molecule has 2 nitrogen and oxygen atoms in total. The first-order valence-corrected chi connectivity index (χ1v) is 0.928. The maximum Gasteiger partial charge on any atom is 2.00 e. The van der Waals surface area contributed by atoms with Crippen molar-refractivity contribution in [2.24, 2.45) is 0 Å². The summed E-state index contributed by atoms with van der Waals surface area (Å²) in [7, 11) is 0. The third kappa shape index (κ3) is 46.0. The summed E-state index contributed by atoms with van der Waals surface area (Å²) in [6.45, 7) is 1.08. The van der Waals surface area contributed by atoms with Crippen LogP contribution in [0.1, 0.15) is 15.5 Å². The summed E-state index contributed by atoms with van der Waals surface area (Å²) >= 11 is 0. The predicted octanol–water partition coefficient (Wildman–Crippen LogP) is -0.376. The zero-order chi connectivity index (χ0) is 3.58. The van der Waals surface area contributed by atoms with Gasteiger partial charge in [0.2, 0.25) is 0 Å². The summed E-state index contributed by atoms with van der Waals surface area (Å²) in [4.78, 5) is 9.00. The molecule has 0 aromatic heterocycles. The minimum absolute atomic E-state index is 0. The van der Waals surface area contributed by atoms with Gasteiger partial charge < -0.3 is 13.7 Å². The average Bonchev–Trinajstić information content (AvgIpc) is 0.811. The van der Waals surface area contributed by atoms with E-state index < -0.39 is 5.97 Å². The van der Waals surface area contributed by atoms with Crippen molar-refractivity contribution in [2.75, 3.05) is 0 Å². The van der Waals surface area contributed by atoms with Gasteiger partial charge in [-0.15, -0.1) is 0 Å². The molecule has 0 aromatic carbocycles. The van der Waals surface area contributed by atoms with Crippen molar-refractivity contribution in [3.05, 3.63) is 0 Å². The topological polar surface area (TPSA) is 37.3 Å². The first-order chi connectivity index (χ1) is 1.73. The standard InChI is InChI=1S/C2H4O2.3Ca.6H/c1-2(3)4;;;;;;;;;/h1H3,(H,3,4);;;;;;;;;/q;3*+2;6*-1. The molecular formula is C2H10Ca3O2. The molecule has 0 bridgehead atoms. The van der Waals surface area contributed by atoms with E-state index in [4.69, 9.17) is 9.90 Å². The molecule has 7 heavy (non-hydrogen) atoms. The van der Waals surface area contributed by atoms with E-state index in [-0.39, 0.29) is 122 Å². The van der Waals surface area contributed by atoms with E-state index in [0.717, 1.165) is 6.92 Å². The minimum atomic E-state index is -0.833. The summed E-state index contributed by atoms with van der Waals surface area (Å²) in [6, 6.07) is 0. The molecule has 5 heteroatoms. The van der Waals surface area contributed by atoms with Gasteiger partial charge >= 0.3 is 113 Å². The van der Waals surface area contributed by atoms with Crippen molar-refractivity contribution in [2.45, 2.75) is 6.92 Å². The fourth-order valence-corrected chi connectivity index (χ4v) is 0. The predicted molar refractivity (Wildman–Crippen MR) is 37.2 cm³/mol.